The second-order valence-electron chi connectivity index (χ2n) is 28.3. The number of hydrogen-bond donors (Lipinski definition) is 0. The van der Waals surface area contributed by atoms with Crippen molar-refractivity contribution in [3.05, 3.63) is 408 Å². The predicted molar refractivity (Wildman–Crippen MR) is 440 cm³/mol. The van der Waals surface area contributed by atoms with Gasteiger partial charge in [0.15, 0.2) is 34.9 Å². The Hall–Kier alpha value is -13.2. The van der Waals surface area contributed by atoms with Crippen molar-refractivity contribution >= 4 is 45.1 Å². The van der Waals surface area contributed by atoms with Gasteiger partial charge in [0.05, 0.1) is 10.8 Å². The number of nitrogens with zero attached hydrogens (tertiary/aromatic N) is 6. The van der Waals surface area contributed by atoms with Crippen molar-refractivity contribution in [2.45, 2.75) is 30.4 Å². The molecule has 16 aromatic carbocycles. The van der Waals surface area contributed by atoms with Crippen LogP contribution in [0.1, 0.15) is 44.5 Å². The molecule has 0 amide bonds. The number of hydrogen-bond acceptors (Lipinski definition) is 8. The molecule has 0 bridgehead atoms. The van der Waals surface area contributed by atoms with Crippen LogP contribution in [0.4, 0.5) is 0 Å². The normalized spacial score (nSPS) is 14.3. The molecule has 0 N–H and O–H groups in total. The van der Waals surface area contributed by atoms with E-state index in [1.54, 1.807) is 0 Å². The zero-order valence-electron chi connectivity index (χ0n) is 58.1. The molecule has 0 saturated heterocycles. The summed E-state index contributed by atoms with van der Waals surface area (Å²) >= 11 is 3.72. The molecule has 0 radical (unpaired) electrons. The van der Waals surface area contributed by atoms with Gasteiger partial charge in [0.1, 0.15) is 0 Å². The van der Waals surface area contributed by atoms with Crippen LogP contribution in [0.25, 0.3) is 146 Å². The minimum Gasteiger partial charge on any atom is -0.208 e. The molecule has 2 aromatic heterocycles. The molecule has 4 aliphatic rings. The predicted octanol–water partition coefficient (Wildman–Crippen LogP) is 25.0. The van der Waals surface area contributed by atoms with E-state index in [1.165, 1.54) is 86.3 Å². The molecule has 0 saturated carbocycles. The molecule has 2 spiro atoms. The number of aromatic nitrogens is 6. The lowest BCUT2D eigenvalue weighted by Crippen LogP contribution is -2.32. The monoisotopic (exact) mass is 1410 g/mol. The average molecular weight is 1410 g/mol. The minimum atomic E-state index is -0.654. The smallest absolute Gasteiger partial charge is 0.164 e. The summed E-state index contributed by atoms with van der Waals surface area (Å²) in [7, 11) is 0. The van der Waals surface area contributed by atoms with Crippen LogP contribution >= 0.6 is 23.5 Å². The maximum Gasteiger partial charge on any atom is 0.164 e. The molecule has 0 fully saturated rings. The molecule has 502 valence electrons. The Balaban J connectivity index is 0.643. The summed E-state index contributed by atoms with van der Waals surface area (Å²) in [4.78, 5) is 36.8. The van der Waals surface area contributed by atoms with Crippen LogP contribution in [-0.4, -0.2) is 29.9 Å². The molecule has 2 aliphatic heterocycles. The Morgan fingerprint density at radius 1 is 0.167 bits per heavy atom. The van der Waals surface area contributed by atoms with E-state index < -0.39 is 10.8 Å². The summed E-state index contributed by atoms with van der Waals surface area (Å²) in [6.07, 6.45) is 0. The molecule has 2 aliphatic carbocycles. The molecular formula is C100H60N6S2. The van der Waals surface area contributed by atoms with Gasteiger partial charge in [0, 0.05) is 53.0 Å². The number of fused-ring (bicyclic) bond motifs is 20. The van der Waals surface area contributed by atoms with Gasteiger partial charge >= 0.3 is 0 Å². The highest BCUT2D eigenvalue weighted by atomic mass is 32.2. The highest BCUT2D eigenvalue weighted by Crippen LogP contribution is 2.65. The second kappa shape index (κ2) is 24.7. The third-order valence-corrected chi connectivity index (χ3v) is 24.8. The van der Waals surface area contributed by atoms with Crippen molar-refractivity contribution in [2.24, 2.45) is 0 Å². The number of rotatable bonds is 9. The van der Waals surface area contributed by atoms with Crippen molar-refractivity contribution in [1.29, 1.82) is 0 Å². The van der Waals surface area contributed by atoms with Gasteiger partial charge in [-0.15, -0.1) is 0 Å². The first-order valence-corrected chi connectivity index (χ1v) is 38.2. The Morgan fingerprint density at radius 2 is 0.500 bits per heavy atom. The maximum absolute atomic E-state index is 5.42. The summed E-state index contributed by atoms with van der Waals surface area (Å²) in [5.74, 6) is 3.68. The fraction of sp³-hybridized carbons (Fsp3) is 0.0200. The zero-order chi connectivity index (χ0) is 71.0. The molecule has 6 nitrogen and oxygen atoms in total. The van der Waals surface area contributed by atoms with Crippen LogP contribution in [0, 0.1) is 0 Å². The van der Waals surface area contributed by atoms with Crippen LogP contribution in [0.3, 0.4) is 0 Å². The van der Waals surface area contributed by atoms with Crippen molar-refractivity contribution in [2.75, 3.05) is 0 Å². The number of benzene rings is 16. The van der Waals surface area contributed by atoms with Gasteiger partial charge in [-0.05, 0) is 182 Å². The molecule has 18 aromatic rings. The first-order chi connectivity index (χ1) is 53.5. The largest absolute Gasteiger partial charge is 0.208 e. The Kier molecular flexibility index (Phi) is 14.2. The Bertz CT molecular complexity index is 6740. The molecule has 8 heteroatoms. The molecular weight excluding hydrogens is 1350 g/mol. The van der Waals surface area contributed by atoms with Gasteiger partial charge in [0.2, 0.25) is 0 Å². The topological polar surface area (TPSA) is 77.3 Å². The fourth-order valence-corrected chi connectivity index (χ4v) is 20.0. The lowest BCUT2D eigenvalue weighted by Gasteiger charge is -2.40. The summed E-state index contributed by atoms with van der Waals surface area (Å²) in [5, 5.41) is 4.50. The maximum atomic E-state index is 5.42. The Labute approximate surface area is 633 Å². The SMILES string of the molecule is c1ccc(-c2nc(-c3cccc(-c4ccc5c(c4)C4(c6ccccc6S5)c5ccccc5-c5ccc(-c6ccc(-c7nc(-c8cccc(-c9ccc%10c(c9)C9(c%11ccccc%11S%10)c%10ccccc%10-c%10ccccc%109)c8)nc(-c8ccc9ccccc9c8)n7)cc6)cc54)c3)nc(-c3cccc4ccccc34)n2)cc1. The van der Waals surface area contributed by atoms with Gasteiger partial charge < -0.3 is 0 Å². The summed E-state index contributed by atoms with van der Waals surface area (Å²) in [6.45, 7) is 0. The van der Waals surface area contributed by atoms with Gasteiger partial charge in [-0.1, -0.05) is 327 Å². The van der Waals surface area contributed by atoms with Crippen molar-refractivity contribution in [3.63, 3.8) is 0 Å². The highest BCUT2D eigenvalue weighted by molar-refractivity contribution is 7.99. The van der Waals surface area contributed by atoms with E-state index in [0.717, 1.165) is 88.3 Å². The third-order valence-electron chi connectivity index (χ3n) is 22.5. The molecule has 1 unspecified atom stereocenters. The van der Waals surface area contributed by atoms with Crippen molar-refractivity contribution < 1.29 is 0 Å². The van der Waals surface area contributed by atoms with Crippen LogP contribution in [0.2, 0.25) is 0 Å². The highest BCUT2D eigenvalue weighted by Gasteiger charge is 2.52. The van der Waals surface area contributed by atoms with Gasteiger partial charge in [-0.3, -0.25) is 0 Å². The summed E-state index contributed by atoms with van der Waals surface area (Å²) in [6, 6.07) is 133. The standard InChI is InChI=1S/C100H60N6S2/c1-2-23-64(24-3-1)93-101-96(106-98(105-93)80-35-20-26-63-22-6-7-31-75(63)80)73-30-19-28-68(57-73)71-51-54-92-88(60-71)100(85-40-15-17-42-90(85)108-92)83-38-13-10-34-78(83)79-52-49-69(58-86(79)100)62-43-46-65(47-44-62)94-102-95(104-97(103-94)74-48-45-61-21-4-5-25-66(61)55-74)72-29-18-27-67(56-72)70-50-53-91-87(59-70)99(84-39-14-16-41-89(84)107-91)81-36-11-8-32-76(81)77-33-9-12-37-82(77)99/h1-60H. The van der Waals surface area contributed by atoms with Crippen LogP contribution in [0.5, 0.6) is 0 Å². The zero-order valence-corrected chi connectivity index (χ0v) is 59.8. The van der Waals surface area contributed by atoms with Crippen LogP contribution < -0.4 is 0 Å². The fourth-order valence-electron chi connectivity index (χ4n) is 17.6. The van der Waals surface area contributed by atoms with Gasteiger partial charge in [-0.25, -0.2) is 29.9 Å². The van der Waals surface area contributed by atoms with Gasteiger partial charge in [-0.2, -0.15) is 0 Å². The molecule has 1 atom stereocenters. The molecule has 108 heavy (non-hydrogen) atoms. The van der Waals surface area contributed by atoms with Crippen molar-refractivity contribution in [3.8, 4) is 124 Å². The molecule has 22 rings (SSSR count). The summed E-state index contributed by atoms with van der Waals surface area (Å²) < 4.78 is 0. The van der Waals surface area contributed by atoms with E-state index in [1.807, 2.05) is 41.7 Å². The van der Waals surface area contributed by atoms with E-state index >= 15 is 0 Å². The van der Waals surface area contributed by atoms with E-state index in [4.69, 9.17) is 29.9 Å². The average Bonchev–Trinajstić information content (AvgIpc) is 1.49. The lowest BCUT2D eigenvalue weighted by atomic mass is 9.66. The second-order valence-corrected chi connectivity index (χ2v) is 30.5. The quantitative estimate of drug-likeness (QED) is 0.141. The lowest BCUT2D eigenvalue weighted by molar-refractivity contribution is 0.723. The molecule has 4 heterocycles. The van der Waals surface area contributed by atoms with Crippen molar-refractivity contribution in [1.82, 2.24) is 29.9 Å². The van der Waals surface area contributed by atoms with Gasteiger partial charge in [0.25, 0.3) is 0 Å². The van der Waals surface area contributed by atoms with E-state index in [2.05, 4.69) is 346 Å². The van der Waals surface area contributed by atoms with E-state index in [9.17, 15) is 0 Å². The van der Waals surface area contributed by atoms with E-state index in [-0.39, 0.29) is 0 Å². The van der Waals surface area contributed by atoms with E-state index in [0.29, 0.717) is 34.9 Å². The Morgan fingerprint density at radius 3 is 1.08 bits per heavy atom. The first kappa shape index (κ1) is 62.2. The van der Waals surface area contributed by atoms with Crippen LogP contribution in [0.15, 0.2) is 384 Å². The summed E-state index contributed by atoms with van der Waals surface area (Å²) in [5.41, 5.74) is 26.3. The van der Waals surface area contributed by atoms with Crippen LogP contribution in [-0.2, 0) is 10.8 Å². The first-order valence-electron chi connectivity index (χ1n) is 36.6. The minimum absolute atomic E-state index is 0.492. The third kappa shape index (κ3) is 9.70.